The van der Waals surface area contributed by atoms with Gasteiger partial charge in [0.15, 0.2) is 12.1 Å². The molecule has 4 rings (SSSR count). The third-order valence-corrected chi connectivity index (χ3v) is 11.4. The van der Waals surface area contributed by atoms with Gasteiger partial charge in [0.05, 0.1) is 36.7 Å². The van der Waals surface area contributed by atoms with E-state index in [1.54, 1.807) is 39.0 Å². The number of methoxy groups -OCH3 is 1. The monoisotopic (exact) mass is 747 g/mol. The third kappa shape index (κ3) is 10.5. The van der Waals surface area contributed by atoms with E-state index in [1.165, 1.54) is 6.33 Å². The lowest BCUT2D eigenvalue weighted by Gasteiger charge is -2.47. The summed E-state index contributed by atoms with van der Waals surface area (Å²) in [6.07, 6.45) is 3.77. The van der Waals surface area contributed by atoms with Crippen molar-refractivity contribution in [3.05, 3.63) is 23.8 Å². The predicted molar refractivity (Wildman–Crippen MR) is 198 cm³/mol. The number of esters is 1. The van der Waals surface area contributed by atoms with E-state index >= 15 is 0 Å². The largest absolute Gasteiger partial charge is 0.463 e. The van der Waals surface area contributed by atoms with E-state index in [-0.39, 0.29) is 49.2 Å². The fraction of sp³-hybridized carbons (Fsp3) is 0.821. The van der Waals surface area contributed by atoms with Crippen LogP contribution in [0.4, 0.5) is 4.79 Å². The summed E-state index contributed by atoms with van der Waals surface area (Å²) < 4.78 is 30.8. The standard InChI is InChI=1S/C39H65N5O9/c1-11-15-43-21-25(2)19-39(7,49-10)34(53-35-32(45)31(42(8)9)18-26(3)52-35)27(4)33(46)38(5,6)36(47)51-23-29(43)13-12-17-50-37(48)44-16-14-30-28(22-44)20-40-24-41-30/h20,24-27,29,31-32,34-35,45H,11-19,21-23H2,1-10H3/t25-,26-,27+,29-,31+,32-,34-,35+,39-/m1/s1. The molecule has 0 aliphatic carbocycles. The van der Waals surface area contributed by atoms with E-state index < -0.39 is 41.4 Å². The van der Waals surface area contributed by atoms with Crippen LogP contribution in [-0.2, 0) is 46.2 Å². The number of amides is 1. The van der Waals surface area contributed by atoms with E-state index in [4.69, 9.17) is 23.7 Å². The Kier molecular flexibility index (Phi) is 15.2. The molecule has 3 aliphatic rings. The Morgan fingerprint density at radius 2 is 1.91 bits per heavy atom. The van der Waals surface area contributed by atoms with Gasteiger partial charge in [-0.2, -0.15) is 0 Å². The second-order valence-electron chi connectivity index (χ2n) is 16.4. The van der Waals surface area contributed by atoms with Gasteiger partial charge in [0.2, 0.25) is 0 Å². The molecule has 0 saturated carbocycles. The highest BCUT2D eigenvalue weighted by molar-refractivity contribution is 6.04. The number of carbonyl (C=O) groups is 3. The van der Waals surface area contributed by atoms with Crippen LogP contribution in [0.1, 0.15) is 91.8 Å². The molecule has 0 spiro atoms. The molecule has 4 heterocycles. The maximum absolute atomic E-state index is 14.3. The number of nitrogens with zero attached hydrogens (tertiary/aromatic N) is 5. The summed E-state index contributed by atoms with van der Waals surface area (Å²) in [5.74, 6) is -1.69. The summed E-state index contributed by atoms with van der Waals surface area (Å²) in [5.41, 5.74) is -0.589. The SMILES string of the molecule is CCCN1C[C@H](C)C[C@@](C)(OC)[C@H](O[C@@H]2O[C@H](C)C[C@H](N(C)C)[C@H]2O)[C@@H](C)C(=O)C(C)(C)C(=O)OC[C@H]1CCCOC(=O)N1CCc2ncncc2C1. The second-order valence-corrected chi connectivity index (χ2v) is 16.4. The first-order valence-corrected chi connectivity index (χ1v) is 19.4. The number of aliphatic hydroxyl groups excluding tert-OH is 1. The minimum atomic E-state index is -1.49. The van der Waals surface area contributed by atoms with Crippen LogP contribution in [0.2, 0.25) is 0 Å². The number of carbonyl (C=O) groups excluding carboxylic acids is 3. The number of hydrogen-bond acceptors (Lipinski definition) is 13. The van der Waals surface area contributed by atoms with Crippen molar-refractivity contribution in [1.29, 1.82) is 0 Å². The zero-order valence-electron chi connectivity index (χ0n) is 33.7. The van der Waals surface area contributed by atoms with Gasteiger partial charge in [-0.1, -0.05) is 20.8 Å². The van der Waals surface area contributed by atoms with Crippen LogP contribution >= 0.6 is 0 Å². The first-order valence-electron chi connectivity index (χ1n) is 19.4. The van der Waals surface area contributed by atoms with Gasteiger partial charge < -0.3 is 38.6 Å². The maximum atomic E-state index is 14.3. The van der Waals surface area contributed by atoms with Crippen LogP contribution in [0.15, 0.2) is 12.5 Å². The molecule has 300 valence electrons. The van der Waals surface area contributed by atoms with Gasteiger partial charge in [0.25, 0.3) is 0 Å². The molecule has 14 heteroatoms. The van der Waals surface area contributed by atoms with Crippen molar-refractivity contribution in [1.82, 2.24) is 24.7 Å². The lowest BCUT2D eigenvalue weighted by atomic mass is 9.74. The van der Waals surface area contributed by atoms with Gasteiger partial charge in [-0.25, -0.2) is 14.8 Å². The van der Waals surface area contributed by atoms with E-state index in [2.05, 4.69) is 28.7 Å². The number of ketones is 1. The van der Waals surface area contributed by atoms with Crippen molar-refractivity contribution < 1.29 is 43.2 Å². The van der Waals surface area contributed by atoms with Crippen molar-refractivity contribution in [2.75, 3.05) is 54.1 Å². The summed E-state index contributed by atoms with van der Waals surface area (Å²) in [6, 6.07) is -0.372. The molecule has 1 N–H and O–H groups in total. The second kappa shape index (κ2) is 18.7. The summed E-state index contributed by atoms with van der Waals surface area (Å²) in [5, 5.41) is 11.4. The Morgan fingerprint density at radius 1 is 1.17 bits per heavy atom. The summed E-state index contributed by atoms with van der Waals surface area (Å²) in [6.45, 7) is 15.8. The average Bonchev–Trinajstić information content (AvgIpc) is 3.12. The Bertz CT molecular complexity index is 1380. The molecule has 0 bridgehead atoms. The summed E-state index contributed by atoms with van der Waals surface area (Å²) in [7, 11) is 5.44. The first-order chi connectivity index (χ1) is 25.0. The number of rotatable bonds is 10. The first kappa shape index (κ1) is 43.0. The number of hydrogen-bond donors (Lipinski definition) is 1. The highest BCUT2D eigenvalue weighted by Gasteiger charge is 2.51. The Morgan fingerprint density at radius 3 is 2.58 bits per heavy atom. The third-order valence-electron chi connectivity index (χ3n) is 11.4. The fourth-order valence-corrected chi connectivity index (χ4v) is 8.30. The zero-order chi connectivity index (χ0) is 39.1. The van der Waals surface area contributed by atoms with Crippen LogP contribution in [0.3, 0.4) is 0 Å². The lowest BCUT2D eigenvalue weighted by Crippen LogP contribution is -2.59. The van der Waals surface area contributed by atoms with Gasteiger partial charge in [0, 0.05) is 56.4 Å². The molecule has 2 saturated heterocycles. The van der Waals surface area contributed by atoms with E-state index in [0.29, 0.717) is 51.7 Å². The smallest absolute Gasteiger partial charge is 0.410 e. The number of cyclic esters (lactones) is 1. The topological polar surface area (TPSA) is 153 Å². The molecule has 3 aliphatic heterocycles. The number of Topliss-reactive ketones (excluding diaryl/α,β-unsaturated/α-hetero) is 1. The van der Waals surface area contributed by atoms with Gasteiger partial charge in [-0.15, -0.1) is 0 Å². The molecule has 53 heavy (non-hydrogen) atoms. The highest BCUT2D eigenvalue weighted by Crippen LogP contribution is 2.38. The normalized spacial score (nSPS) is 33.3. The molecule has 1 amide bonds. The lowest BCUT2D eigenvalue weighted by molar-refractivity contribution is -0.295. The number of aliphatic hydroxyl groups is 1. The van der Waals surface area contributed by atoms with Crippen molar-refractivity contribution in [3.8, 4) is 0 Å². The summed E-state index contributed by atoms with van der Waals surface area (Å²) in [4.78, 5) is 55.5. The van der Waals surface area contributed by atoms with Gasteiger partial charge in [-0.3, -0.25) is 14.5 Å². The molecule has 0 radical (unpaired) electrons. The van der Waals surface area contributed by atoms with Crippen molar-refractivity contribution in [2.45, 2.75) is 136 Å². The number of aromatic nitrogens is 2. The van der Waals surface area contributed by atoms with E-state index in [0.717, 1.165) is 24.2 Å². The van der Waals surface area contributed by atoms with Crippen molar-refractivity contribution >= 4 is 17.8 Å². The van der Waals surface area contributed by atoms with Gasteiger partial charge >= 0.3 is 12.1 Å². The number of fused-ring (bicyclic) bond motifs is 1. The predicted octanol–water partition coefficient (Wildman–Crippen LogP) is 3.86. The molecule has 2 fully saturated rings. The average molecular weight is 748 g/mol. The molecule has 1 aromatic rings. The van der Waals surface area contributed by atoms with Crippen LogP contribution < -0.4 is 0 Å². The van der Waals surface area contributed by atoms with Crippen molar-refractivity contribution in [2.24, 2.45) is 17.3 Å². The minimum absolute atomic E-state index is 0.0706. The molecule has 0 aromatic carbocycles. The molecule has 1 aromatic heterocycles. The van der Waals surface area contributed by atoms with Crippen LogP contribution in [0.5, 0.6) is 0 Å². The van der Waals surface area contributed by atoms with Crippen molar-refractivity contribution in [3.63, 3.8) is 0 Å². The van der Waals surface area contributed by atoms with Crippen LogP contribution in [-0.4, -0.2) is 144 Å². The quantitative estimate of drug-likeness (QED) is 0.210. The fourth-order valence-electron chi connectivity index (χ4n) is 8.30. The van der Waals surface area contributed by atoms with E-state index in [1.807, 2.05) is 32.8 Å². The van der Waals surface area contributed by atoms with Gasteiger partial charge in [-0.05, 0) is 86.4 Å². The Labute approximate surface area is 316 Å². The summed E-state index contributed by atoms with van der Waals surface area (Å²) >= 11 is 0. The highest BCUT2D eigenvalue weighted by atomic mass is 16.7. The Balaban J connectivity index is 1.53. The molecule has 9 atom stereocenters. The van der Waals surface area contributed by atoms with Crippen LogP contribution in [0, 0.1) is 17.3 Å². The van der Waals surface area contributed by atoms with Crippen LogP contribution in [0.25, 0.3) is 0 Å². The molecule has 0 unspecified atom stereocenters. The number of ether oxygens (including phenoxy) is 5. The number of likely N-dealkylation sites (N-methyl/N-ethyl adjacent to an activating group) is 1. The molecule has 14 nitrogen and oxygen atoms in total. The van der Waals surface area contributed by atoms with Gasteiger partial charge in [0.1, 0.15) is 24.5 Å². The minimum Gasteiger partial charge on any atom is -0.463 e. The zero-order valence-corrected chi connectivity index (χ0v) is 33.7. The molecular formula is C39H65N5O9. The van der Waals surface area contributed by atoms with E-state index in [9.17, 15) is 19.5 Å². The maximum Gasteiger partial charge on any atom is 0.410 e. The molecular weight excluding hydrogens is 682 g/mol. The Hall–Kier alpha value is -2.75.